The van der Waals surface area contributed by atoms with Crippen molar-refractivity contribution < 1.29 is 28.7 Å². The predicted molar refractivity (Wildman–Crippen MR) is 312 cm³/mol. The normalized spacial score (nSPS) is 18.5. The van der Waals surface area contributed by atoms with Gasteiger partial charge in [-0.1, -0.05) is 30.3 Å². The standard InChI is InChI=1S/C63H75N11O7/c1-63(2,3)81-61(78)66-56-19-14-48(37-65-56)51-21-26-64-58-52(51)36-49(67(58)4)41-69-27-24-46(25-28-69)45-10-12-47(13-11-45)59(76)72-29-22-43(23-30-72)38-70-31-33-71(34-32-70)39-44-9-17-53-55(35-44)74(62(79)68(53)5)54-18-20-57(75)73(60(54)77)40-42-7-15-50(80-6)16-8-42/h7-17,19,21,26,35-37,43,46,54H,18,20,22-25,27-34,38-41H2,1-6H3,(H,65,66,78). The maximum absolute atomic E-state index is 14.0. The van der Waals surface area contributed by atoms with Crippen LogP contribution in [0.1, 0.15) is 104 Å². The second-order valence-electron chi connectivity index (χ2n) is 23.6. The number of rotatable bonds is 14. The van der Waals surface area contributed by atoms with Crippen LogP contribution in [-0.2, 0) is 48.1 Å². The molecule has 0 bridgehead atoms. The third kappa shape index (κ3) is 12.2. The Morgan fingerprint density at radius 3 is 2.09 bits per heavy atom. The van der Waals surface area contributed by atoms with Gasteiger partial charge >= 0.3 is 11.8 Å². The number of anilines is 1. The number of aryl methyl sites for hydroxylation is 2. The second kappa shape index (κ2) is 23.4. The van der Waals surface area contributed by atoms with Gasteiger partial charge in [0.05, 0.1) is 24.7 Å². The van der Waals surface area contributed by atoms with Gasteiger partial charge in [-0.05, 0) is 161 Å². The van der Waals surface area contributed by atoms with Crippen LogP contribution in [0.2, 0.25) is 0 Å². The molecule has 3 aromatic carbocycles. The number of nitrogens with one attached hydrogen (secondary N) is 1. The van der Waals surface area contributed by atoms with E-state index in [9.17, 15) is 24.0 Å². The quantitative estimate of drug-likeness (QED) is 0.103. The molecule has 4 aliphatic rings. The summed E-state index contributed by atoms with van der Waals surface area (Å²) in [6, 6.07) is 29.1. The molecular formula is C63H75N11O7. The predicted octanol–water partition coefficient (Wildman–Crippen LogP) is 8.58. The van der Waals surface area contributed by atoms with Gasteiger partial charge in [0.1, 0.15) is 28.9 Å². The Morgan fingerprint density at radius 1 is 0.691 bits per heavy atom. The lowest BCUT2D eigenvalue weighted by Crippen LogP contribution is -2.48. The zero-order chi connectivity index (χ0) is 56.5. The average molecular weight is 1100 g/mol. The molecule has 1 unspecified atom stereocenters. The molecule has 7 aromatic rings. The van der Waals surface area contributed by atoms with Crippen molar-refractivity contribution in [1.82, 2.24) is 48.2 Å². The summed E-state index contributed by atoms with van der Waals surface area (Å²) in [7, 11) is 5.41. The van der Waals surface area contributed by atoms with Gasteiger partial charge in [0.2, 0.25) is 5.91 Å². The SMILES string of the molecule is COc1ccc(CN2C(=O)CCC(n3c(=O)n(C)c4ccc(CN5CCN(CC6CCN(C(=O)c7ccc(C8CCN(Cc9cc%10c(-c%11ccc(NC(=O)OC(C)(C)C)nc%11)ccnc%10n9C)CC8)cc7)CC6)CC5)cc43)C2=O)cc1. The fourth-order valence-electron chi connectivity index (χ4n) is 12.5. The number of imidazole rings is 1. The van der Waals surface area contributed by atoms with Crippen molar-refractivity contribution >= 4 is 51.7 Å². The molecule has 4 aliphatic heterocycles. The van der Waals surface area contributed by atoms with E-state index in [0.717, 1.165) is 142 Å². The highest BCUT2D eigenvalue weighted by molar-refractivity contribution is 6.00. The number of methoxy groups -OCH3 is 1. The molecule has 1 N–H and O–H groups in total. The number of carbonyl (C=O) groups is 4. The molecule has 424 valence electrons. The maximum atomic E-state index is 14.0. The number of pyridine rings is 2. The molecule has 0 saturated carbocycles. The van der Waals surface area contributed by atoms with Gasteiger partial charge in [-0.25, -0.2) is 19.6 Å². The van der Waals surface area contributed by atoms with Crippen LogP contribution >= 0.6 is 0 Å². The van der Waals surface area contributed by atoms with Crippen molar-refractivity contribution in [2.24, 2.45) is 20.0 Å². The first-order valence-electron chi connectivity index (χ1n) is 28.7. The van der Waals surface area contributed by atoms with Crippen LogP contribution in [-0.4, -0.2) is 144 Å². The Kier molecular flexibility index (Phi) is 16.0. The van der Waals surface area contributed by atoms with Gasteiger partial charge in [0.15, 0.2) is 0 Å². The van der Waals surface area contributed by atoms with Crippen molar-refractivity contribution in [2.75, 3.05) is 71.3 Å². The fourth-order valence-corrected chi connectivity index (χ4v) is 12.5. The lowest BCUT2D eigenvalue weighted by atomic mass is 9.88. The van der Waals surface area contributed by atoms with Gasteiger partial charge in [-0.15, -0.1) is 0 Å². The lowest BCUT2D eigenvalue weighted by molar-refractivity contribution is -0.151. The monoisotopic (exact) mass is 1100 g/mol. The maximum Gasteiger partial charge on any atom is 0.413 e. The van der Waals surface area contributed by atoms with Crippen molar-refractivity contribution in [3.05, 3.63) is 142 Å². The molecule has 4 aromatic heterocycles. The highest BCUT2D eigenvalue weighted by Crippen LogP contribution is 2.34. The Morgan fingerprint density at radius 2 is 1.40 bits per heavy atom. The summed E-state index contributed by atoms with van der Waals surface area (Å²) in [5.41, 5.74) is 8.66. The number of nitrogens with zero attached hydrogens (tertiary/aromatic N) is 10. The molecular weight excluding hydrogens is 1020 g/mol. The molecule has 4 saturated heterocycles. The van der Waals surface area contributed by atoms with E-state index < -0.39 is 17.7 Å². The van der Waals surface area contributed by atoms with Crippen molar-refractivity contribution in [3.63, 3.8) is 0 Å². The van der Waals surface area contributed by atoms with Gasteiger partial charge in [-0.3, -0.25) is 43.5 Å². The largest absolute Gasteiger partial charge is 0.497 e. The Labute approximate surface area is 473 Å². The molecule has 18 heteroatoms. The molecule has 11 rings (SSSR count). The number of amides is 4. The summed E-state index contributed by atoms with van der Waals surface area (Å²) < 4.78 is 16.0. The highest BCUT2D eigenvalue weighted by Gasteiger charge is 2.38. The van der Waals surface area contributed by atoms with E-state index in [4.69, 9.17) is 14.5 Å². The van der Waals surface area contributed by atoms with Crippen LogP contribution < -0.4 is 15.7 Å². The Bertz CT molecular complexity index is 3480. The second-order valence-corrected chi connectivity index (χ2v) is 23.6. The number of aromatic nitrogens is 5. The number of hydrogen-bond acceptors (Lipinski definition) is 12. The van der Waals surface area contributed by atoms with Gasteiger partial charge in [-0.2, -0.15) is 0 Å². The summed E-state index contributed by atoms with van der Waals surface area (Å²) in [6.45, 7) is 15.5. The number of benzene rings is 3. The number of carbonyl (C=O) groups excluding carboxylic acids is 4. The molecule has 8 heterocycles. The van der Waals surface area contributed by atoms with Crippen molar-refractivity contribution in [3.8, 4) is 16.9 Å². The zero-order valence-electron chi connectivity index (χ0n) is 47.6. The smallest absolute Gasteiger partial charge is 0.413 e. The number of hydrogen-bond donors (Lipinski definition) is 1. The average Bonchev–Trinajstić information content (AvgIpc) is 4.16. The third-order valence-corrected chi connectivity index (χ3v) is 17.1. The minimum absolute atomic E-state index is 0.123. The molecule has 1 atom stereocenters. The van der Waals surface area contributed by atoms with E-state index >= 15 is 0 Å². The van der Waals surface area contributed by atoms with Crippen molar-refractivity contribution in [1.29, 1.82) is 0 Å². The van der Waals surface area contributed by atoms with Gasteiger partial charge in [0, 0.05) is 114 Å². The van der Waals surface area contributed by atoms with Gasteiger partial charge in [0.25, 0.3) is 11.8 Å². The summed E-state index contributed by atoms with van der Waals surface area (Å²) in [6.07, 6.45) is 7.63. The summed E-state index contributed by atoms with van der Waals surface area (Å²) >= 11 is 0. The van der Waals surface area contributed by atoms with E-state index in [2.05, 4.69) is 66.9 Å². The Hall–Kier alpha value is -7.67. The van der Waals surface area contributed by atoms with E-state index in [1.165, 1.54) is 16.2 Å². The summed E-state index contributed by atoms with van der Waals surface area (Å²) in [5, 5.41) is 3.77. The minimum Gasteiger partial charge on any atom is -0.497 e. The molecule has 18 nitrogen and oxygen atoms in total. The van der Waals surface area contributed by atoms with E-state index in [-0.39, 0.29) is 42.8 Å². The number of imide groups is 1. The van der Waals surface area contributed by atoms with Crippen LogP contribution in [0.3, 0.4) is 0 Å². The van der Waals surface area contributed by atoms with Crippen molar-refractivity contribution in [2.45, 2.75) is 96.5 Å². The number of ether oxygens (including phenoxy) is 2. The minimum atomic E-state index is -0.769. The Balaban J connectivity index is 0.621. The van der Waals surface area contributed by atoms with Crippen LogP contribution in [0.15, 0.2) is 108 Å². The molecule has 0 spiro atoms. The molecule has 81 heavy (non-hydrogen) atoms. The first kappa shape index (κ1) is 55.2. The number of piperazine rings is 1. The number of fused-ring (bicyclic) bond motifs is 2. The van der Waals surface area contributed by atoms with E-state index in [0.29, 0.717) is 28.9 Å². The molecule has 0 aliphatic carbocycles. The zero-order valence-corrected chi connectivity index (χ0v) is 47.6. The fraction of sp³-hybridized carbons (Fsp3) is 0.444. The van der Waals surface area contributed by atoms with E-state index in [1.54, 1.807) is 35.6 Å². The molecule has 4 amide bonds. The lowest BCUT2D eigenvalue weighted by Gasteiger charge is -2.39. The van der Waals surface area contributed by atoms with E-state index in [1.807, 2.05) is 86.5 Å². The van der Waals surface area contributed by atoms with Crippen LogP contribution in [0, 0.1) is 5.92 Å². The van der Waals surface area contributed by atoms with Gasteiger partial charge < -0.3 is 23.8 Å². The topological polar surface area (TPSA) is 173 Å². The third-order valence-electron chi connectivity index (χ3n) is 17.1. The first-order valence-corrected chi connectivity index (χ1v) is 28.7. The highest BCUT2D eigenvalue weighted by atomic mass is 16.6. The first-order chi connectivity index (χ1) is 39.0. The molecule has 4 fully saturated rings. The number of likely N-dealkylation sites (tertiary alicyclic amines) is 3. The molecule has 0 radical (unpaired) electrons. The number of piperidine rings is 3. The summed E-state index contributed by atoms with van der Waals surface area (Å²) in [4.78, 5) is 87.0. The van der Waals surface area contributed by atoms with Crippen LogP contribution in [0.4, 0.5) is 10.6 Å². The summed E-state index contributed by atoms with van der Waals surface area (Å²) in [5.74, 6) is 1.65. The van der Waals surface area contributed by atoms with Crippen LogP contribution in [0.5, 0.6) is 5.75 Å². The van der Waals surface area contributed by atoms with Crippen LogP contribution in [0.25, 0.3) is 33.2 Å².